The Bertz CT molecular complexity index is 268. The standard InChI is InChI=1S/C13H22O3/c1-10(14)9-16-12(15)11-5-4-7-13(2,3)8-6-11/h11H,4-9H2,1-3H3. The number of esters is 1. The summed E-state index contributed by atoms with van der Waals surface area (Å²) < 4.78 is 4.98. The van der Waals surface area contributed by atoms with Gasteiger partial charge in [-0.1, -0.05) is 20.3 Å². The fraction of sp³-hybridized carbons (Fsp3) is 0.846. The third-order valence-electron chi connectivity index (χ3n) is 3.33. The molecule has 92 valence electrons. The predicted molar refractivity (Wildman–Crippen MR) is 62.0 cm³/mol. The van der Waals surface area contributed by atoms with Gasteiger partial charge < -0.3 is 4.74 Å². The molecule has 0 bridgehead atoms. The van der Waals surface area contributed by atoms with E-state index in [0.717, 1.165) is 25.7 Å². The van der Waals surface area contributed by atoms with Gasteiger partial charge in [0.05, 0.1) is 5.92 Å². The molecular formula is C13H22O3. The van der Waals surface area contributed by atoms with Crippen molar-refractivity contribution in [3.8, 4) is 0 Å². The number of carbonyl (C=O) groups excluding carboxylic acids is 2. The third kappa shape index (κ3) is 4.33. The minimum absolute atomic E-state index is 0.00104. The maximum absolute atomic E-state index is 11.7. The van der Waals surface area contributed by atoms with Crippen molar-refractivity contribution < 1.29 is 14.3 Å². The molecule has 1 atom stereocenters. The first-order chi connectivity index (χ1) is 7.41. The van der Waals surface area contributed by atoms with Crippen LogP contribution in [-0.4, -0.2) is 18.4 Å². The Labute approximate surface area is 97.5 Å². The van der Waals surface area contributed by atoms with Crippen molar-refractivity contribution >= 4 is 11.8 Å². The molecule has 1 aliphatic carbocycles. The molecule has 0 amide bonds. The highest BCUT2D eigenvalue weighted by Gasteiger charge is 2.28. The van der Waals surface area contributed by atoms with Gasteiger partial charge in [0, 0.05) is 0 Å². The highest BCUT2D eigenvalue weighted by molar-refractivity contribution is 5.80. The Hall–Kier alpha value is -0.860. The van der Waals surface area contributed by atoms with E-state index < -0.39 is 0 Å². The number of rotatable bonds is 3. The number of hydrogen-bond donors (Lipinski definition) is 0. The van der Waals surface area contributed by atoms with Gasteiger partial charge in [0.1, 0.15) is 6.61 Å². The van der Waals surface area contributed by atoms with Crippen molar-refractivity contribution in [2.24, 2.45) is 11.3 Å². The van der Waals surface area contributed by atoms with Crippen molar-refractivity contribution in [2.45, 2.75) is 52.9 Å². The summed E-state index contributed by atoms with van der Waals surface area (Å²) in [6, 6.07) is 0. The first-order valence-corrected chi connectivity index (χ1v) is 6.07. The number of Topliss-reactive ketones (excluding diaryl/α,β-unsaturated/α-hetero) is 1. The lowest BCUT2D eigenvalue weighted by atomic mass is 9.85. The first kappa shape index (κ1) is 13.2. The Morgan fingerprint density at radius 2 is 1.94 bits per heavy atom. The second-order valence-corrected chi connectivity index (χ2v) is 5.60. The molecule has 0 radical (unpaired) electrons. The quantitative estimate of drug-likeness (QED) is 0.549. The summed E-state index contributed by atoms with van der Waals surface area (Å²) in [7, 11) is 0. The molecule has 3 heteroatoms. The number of carbonyl (C=O) groups is 2. The van der Waals surface area contributed by atoms with Gasteiger partial charge in [-0.3, -0.25) is 9.59 Å². The molecule has 0 aromatic heterocycles. The molecule has 0 heterocycles. The van der Waals surface area contributed by atoms with E-state index in [1.807, 2.05) is 0 Å². The lowest BCUT2D eigenvalue weighted by molar-refractivity contribution is -0.152. The Kier molecular flexibility index (Phi) is 4.51. The number of hydrogen-bond acceptors (Lipinski definition) is 3. The molecule has 1 saturated carbocycles. The highest BCUT2D eigenvalue weighted by atomic mass is 16.5. The Morgan fingerprint density at radius 1 is 1.25 bits per heavy atom. The topological polar surface area (TPSA) is 43.4 Å². The molecule has 0 spiro atoms. The van der Waals surface area contributed by atoms with E-state index >= 15 is 0 Å². The maximum atomic E-state index is 11.7. The monoisotopic (exact) mass is 226 g/mol. The summed E-state index contributed by atoms with van der Waals surface area (Å²) in [5, 5.41) is 0. The van der Waals surface area contributed by atoms with Crippen molar-refractivity contribution in [1.82, 2.24) is 0 Å². The van der Waals surface area contributed by atoms with Gasteiger partial charge in [0.15, 0.2) is 5.78 Å². The second-order valence-electron chi connectivity index (χ2n) is 5.60. The number of ether oxygens (including phenoxy) is 1. The van der Waals surface area contributed by atoms with Gasteiger partial charge in [-0.2, -0.15) is 0 Å². The van der Waals surface area contributed by atoms with Crippen LogP contribution in [0.4, 0.5) is 0 Å². The highest BCUT2D eigenvalue weighted by Crippen LogP contribution is 2.36. The summed E-state index contributed by atoms with van der Waals surface area (Å²) in [4.78, 5) is 22.4. The van der Waals surface area contributed by atoms with Crippen LogP contribution in [0.5, 0.6) is 0 Å². The van der Waals surface area contributed by atoms with Crippen LogP contribution in [0.25, 0.3) is 0 Å². The van der Waals surface area contributed by atoms with Gasteiger partial charge in [-0.25, -0.2) is 0 Å². The summed E-state index contributed by atoms with van der Waals surface area (Å²) in [6.07, 6.45) is 5.10. The minimum Gasteiger partial charge on any atom is -0.457 e. The predicted octanol–water partition coefficient (Wildman–Crippen LogP) is 2.73. The van der Waals surface area contributed by atoms with E-state index in [4.69, 9.17) is 4.74 Å². The normalized spacial score (nSPS) is 24.6. The average Bonchev–Trinajstić information content (AvgIpc) is 2.35. The molecule has 0 N–H and O–H groups in total. The van der Waals surface area contributed by atoms with Crippen LogP contribution < -0.4 is 0 Å². The van der Waals surface area contributed by atoms with E-state index in [-0.39, 0.29) is 24.3 Å². The Balaban J connectivity index is 2.42. The zero-order valence-electron chi connectivity index (χ0n) is 10.5. The van der Waals surface area contributed by atoms with Crippen LogP contribution in [0.2, 0.25) is 0 Å². The van der Waals surface area contributed by atoms with E-state index in [1.165, 1.54) is 13.3 Å². The molecule has 3 nitrogen and oxygen atoms in total. The molecule has 16 heavy (non-hydrogen) atoms. The van der Waals surface area contributed by atoms with Crippen LogP contribution in [-0.2, 0) is 14.3 Å². The molecule has 1 fully saturated rings. The second kappa shape index (κ2) is 5.46. The maximum Gasteiger partial charge on any atom is 0.309 e. The molecular weight excluding hydrogens is 204 g/mol. The molecule has 0 aromatic rings. The van der Waals surface area contributed by atoms with E-state index in [0.29, 0.717) is 5.41 Å². The van der Waals surface area contributed by atoms with Crippen LogP contribution >= 0.6 is 0 Å². The zero-order valence-corrected chi connectivity index (χ0v) is 10.5. The third-order valence-corrected chi connectivity index (χ3v) is 3.33. The fourth-order valence-corrected chi connectivity index (χ4v) is 2.19. The van der Waals surface area contributed by atoms with Crippen molar-refractivity contribution in [3.63, 3.8) is 0 Å². The fourth-order valence-electron chi connectivity index (χ4n) is 2.19. The molecule has 1 aliphatic rings. The van der Waals surface area contributed by atoms with Crippen molar-refractivity contribution in [2.75, 3.05) is 6.61 Å². The van der Waals surface area contributed by atoms with Gasteiger partial charge in [0.2, 0.25) is 0 Å². The van der Waals surface area contributed by atoms with Gasteiger partial charge in [-0.05, 0) is 38.0 Å². The molecule has 1 rings (SSSR count). The molecule has 0 aromatic carbocycles. The largest absolute Gasteiger partial charge is 0.457 e. The first-order valence-electron chi connectivity index (χ1n) is 6.07. The summed E-state index contributed by atoms with van der Waals surface area (Å²) in [6.45, 7) is 5.86. The van der Waals surface area contributed by atoms with Gasteiger partial charge in [-0.15, -0.1) is 0 Å². The SMILES string of the molecule is CC(=O)COC(=O)C1CCCC(C)(C)CC1. The lowest BCUT2D eigenvalue weighted by Gasteiger charge is -2.21. The van der Waals surface area contributed by atoms with Gasteiger partial charge in [0.25, 0.3) is 0 Å². The zero-order chi connectivity index (χ0) is 12.2. The van der Waals surface area contributed by atoms with Crippen molar-refractivity contribution in [3.05, 3.63) is 0 Å². The van der Waals surface area contributed by atoms with Crippen LogP contribution in [0, 0.1) is 11.3 Å². The van der Waals surface area contributed by atoms with E-state index in [1.54, 1.807) is 0 Å². The van der Waals surface area contributed by atoms with Crippen molar-refractivity contribution in [1.29, 1.82) is 0 Å². The smallest absolute Gasteiger partial charge is 0.309 e. The summed E-state index contributed by atoms with van der Waals surface area (Å²) >= 11 is 0. The summed E-state index contributed by atoms with van der Waals surface area (Å²) in [5.74, 6) is -0.281. The molecule has 0 aliphatic heterocycles. The van der Waals surface area contributed by atoms with Crippen LogP contribution in [0.3, 0.4) is 0 Å². The number of ketones is 1. The molecule has 0 saturated heterocycles. The minimum atomic E-state index is -0.187. The average molecular weight is 226 g/mol. The molecule has 1 unspecified atom stereocenters. The summed E-state index contributed by atoms with van der Waals surface area (Å²) in [5.41, 5.74) is 0.343. The van der Waals surface area contributed by atoms with Crippen LogP contribution in [0.1, 0.15) is 52.9 Å². The van der Waals surface area contributed by atoms with E-state index in [9.17, 15) is 9.59 Å². The van der Waals surface area contributed by atoms with Gasteiger partial charge >= 0.3 is 5.97 Å². The Morgan fingerprint density at radius 3 is 2.56 bits per heavy atom. The van der Waals surface area contributed by atoms with E-state index in [2.05, 4.69) is 13.8 Å². The lowest BCUT2D eigenvalue weighted by Crippen LogP contribution is -2.20. The van der Waals surface area contributed by atoms with Crippen LogP contribution in [0.15, 0.2) is 0 Å².